The number of ether oxygens (including phenoxy) is 1. The molecule has 0 saturated heterocycles. The summed E-state index contributed by atoms with van der Waals surface area (Å²) in [5.41, 5.74) is 0. The predicted octanol–water partition coefficient (Wildman–Crippen LogP) is 10.7. The maximum absolute atomic E-state index is 11.9. The topological polar surface area (TPSA) is 118 Å². The third kappa shape index (κ3) is 36.2. The largest absolute Gasteiger partial charge is 0.481 e. The van der Waals surface area contributed by atoms with Crippen molar-refractivity contribution in [3.05, 3.63) is 0 Å². The number of unbranched alkanes of at least 4 members (excludes halogenated alkanes) is 26. The Morgan fingerprint density at radius 1 is 0.279 bits per heavy atom. The summed E-state index contributed by atoms with van der Waals surface area (Å²) in [6, 6.07) is 0. The number of esters is 2. The van der Waals surface area contributed by atoms with Crippen molar-refractivity contribution >= 4 is 23.9 Å². The first-order valence-corrected chi connectivity index (χ1v) is 18.1. The van der Waals surface area contributed by atoms with Crippen molar-refractivity contribution in [3.63, 3.8) is 0 Å². The summed E-state index contributed by atoms with van der Waals surface area (Å²) in [4.78, 5) is 44.8. The molecule has 0 bridgehead atoms. The number of aliphatic carboxylic acids is 2. The first-order valence-electron chi connectivity index (χ1n) is 18.1. The van der Waals surface area contributed by atoms with Crippen LogP contribution in [-0.2, 0) is 23.9 Å². The van der Waals surface area contributed by atoms with Gasteiger partial charge in [-0.3, -0.25) is 19.2 Å². The van der Waals surface area contributed by atoms with Crippen LogP contribution in [0.3, 0.4) is 0 Å². The molecule has 0 aromatic rings. The second-order valence-corrected chi connectivity index (χ2v) is 12.5. The molecule has 0 spiro atoms. The van der Waals surface area contributed by atoms with E-state index in [-0.39, 0.29) is 11.9 Å². The molecule has 0 amide bonds. The van der Waals surface area contributed by atoms with E-state index in [1.807, 2.05) is 0 Å². The molecule has 0 aliphatic heterocycles. The van der Waals surface area contributed by atoms with Gasteiger partial charge in [0, 0.05) is 25.7 Å². The van der Waals surface area contributed by atoms with E-state index in [1.54, 1.807) is 0 Å². The van der Waals surface area contributed by atoms with Crippen LogP contribution in [0.15, 0.2) is 0 Å². The molecule has 0 radical (unpaired) electrons. The van der Waals surface area contributed by atoms with Crippen LogP contribution in [0, 0.1) is 0 Å². The van der Waals surface area contributed by atoms with Crippen LogP contribution in [0.1, 0.15) is 205 Å². The first-order chi connectivity index (χ1) is 20.9. The molecule has 0 aliphatic rings. The van der Waals surface area contributed by atoms with Gasteiger partial charge in [0.2, 0.25) is 0 Å². The summed E-state index contributed by atoms with van der Waals surface area (Å²) < 4.78 is 4.98. The van der Waals surface area contributed by atoms with Crippen LogP contribution >= 0.6 is 0 Å². The molecule has 0 unspecified atom stereocenters. The van der Waals surface area contributed by atoms with Crippen molar-refractivity contribution in [2.45, 2.75) is 205 Å². The van der Waals surface area contributed by atoms with Gasteiger partial charge in [0.15, 0.2) is 0 Å². The van der Waals surface area contributed by atoms with Crippen molar-refractivity contribution in [1.29, 1.82) is 0 Å². The lowest BCUT2D eigenvalue weighted by Crippen LogP contribution is -2.11. The highest BCUT2D eigenvalue weighted by Crippen LogP contribution is 2.16. The Morgan fingerprint density at radius 3 is 0.628 bits per heavy atom. The summed E-state index contributed by atoms with van der Waals surface area (Å²) in [5, 5.41) is 17.2. The van der Waals surface area contributed by atoms with Crippen LogP contribution in [-0.4, -0.2) is 34.1 Å². The highest BCUT2D eigenvalue weighted by Gasteiger charge is 2.10. The summed E-state index contributed by atoms with van der Waals surface area (Å²) in [5.74, 6) is -2.11. The lowest BCUT2D eigenvalue weighted by atomic mass is 10.0. The van der Waals surface area contributed by atoms with Gasteiger partial charge in [-0.2, -0.15) is 0 Å². The zero-order valence-corrected chi connectivity index (χ0v) is 27.6. The molecule has 0 atom stereocenters. The van der Waals surface area contributed by atoms with Crippen molar-refractivity contribution < 1.29 is 34.1 Å². The molecule has 0 aliphatic carbocycles. The van der Waals surface area contributed by atoms with Gasteiger partial charge in [-0.1, -0.05) is 154 Å². The summed E-state index contributed by atoms with van der Waals surface area (Å²) in [6.45, 7) is 0. The minimum atomic E-state index is -0.687. The minimum absolute atomic E-state index is 0.302. The van der Waals surface area contributed by atoms with Crippen molar-refractivity contribution in [2.75, 3.05) is 0 Å². The molecule has 252 valence electrons. The van der Waals surface area contributed by atoms with Crippen LogP contribution in [0.4, 0.5) is 0 Å². The Balaban J connectivity index is 3.29. The number of carboxylic acid groups (broad SMARTS) is 2. The molecule has 0 aromatic heterocycles. The van der Waals surface area contributed by atoms with Crippen molar-refractivity contribution in [3.8, 4) is 0 Å². The fourth-order valence-electron chi connectivity index (χ4n) is 5.56. The summed E-state index contributed by atoms with van der Waals surface area (Å²) in [7, 11) is 0. The van der Waals surface area contributed by atoms with E-state index in [4.69, 9.17) is 14.9 Å². The predicted molar refractivity (Wildman–Crippen MR) is 174 cm³/mol. The summed E-state index contributed by atoms with van der Waals surface area (Å²) in [6.07, 6.45) is 33.3. The fourth-order valence-corrected chi connectivity index (χ4v) is 5.56. The quantitative estimate of drug-likeness (QED) is 0.0422. The van der Waals surface area contributed by atoms with Gasteiger partial charge < -0.3 is 14.9 Å². The number of hydrogen-bond acceptors (Lipinski definition) is 5. The molecule has 0 rings (SSSR count). The SMILES string of the molecule is O=C(O)CCCCCCCCCCCCCCCCC(=O)OC(=O)CCCCCCCCCCCCCCCCC(=O)O. The zero-order valence-electron chi connectivity index (χ0n) is 27.6. The van der Waals surface area contributed by atoms with Gasteiger partial charge in [0.25, 0.3) is 0 Å². The normalized spacial score (nSPS) is 11.1. The Bertz CT molecular complexity index is 621. The fraction of sp³-hybridized carbons (Fsp3) is 0.889. The molecular formula is C36H66O7. The van der Waals surface area contributed by atoms with Gasteiger partial charge >= 0.3 is 23.9 Å². The van der Waals surface area contributed by atoms with E-state index in [9.17, 15) is 19.2 Å². The molecule has 7 heteroatoms. The van der Waals surface area contributed by atoms with Crippen LogP contribution in [0.5, 0.6) is 0 Å². The number of carboxylic acids is 2. The smallest absolute Gasteiger partial charge is 0.313 e. The van der Waals surface area contributed by atoms with Gasteiger partial charge in [-0.25, -0.2) is 0 Å². The van der Waals surface area contributed by atoms with Gasteiger partial charge in [0.1, 0.15) is 0 Å². The zero-order chi connectivity index (χ0) is 31.6. The Kier molecular flexibility index (Phi) is 31.5. The standard InChI is InChI=1S/C36H66O7/c37-33(38)29-25-21-17-13-9-5-1-3-7-11-15-19-23-27-31-35(41)43-36(42)32-28-24-20-16-12-8-4-2-6-10-14-18-22-26-30-34(39)40/h1-32H2,(H,37,38)(H,39,40). The number of carbonyl (C=O) groups is 4. The highest BCUT2D eigenvalue weighted by atomic mass is 16.6. The average molecular weight is 611 g/mol. The third-order valence-corrected chi connectivity index (χ3v) is 8.27. The monoisotopic (exact) mass is 610 g/mol. The van der Waals surface area contributed by atoms with E-state index >= 15 is 0 Å². The molecule has 2 N–H and O–H groups in total. The lowest BCUT2D eigenvalue weighted by Gasteiger charge is -2.05. The maximum Gasteiger partial charge on any atom is 0.313 e. The maximum atomic E-state index is 11.9. The Hall–Kier alpha value is -1.92. The second-order valence-electron chi connectivity index (χ2n) is 12.5. The first kappa shape index (κ1) is 41.1. The van der Waals surface area contributed by atoms with E-state index in [0.717, 1.165) is 77.0 Å². The Labute approximate surface area is 263 Å². The highest BCUT2D eigenvalue weighted by molar-refractivity contribution is 5.85. The molecule has 0 saturated carbocycles. The molecule has 7 nitrogen and oxygen atoms in total. The minimum Gasteiger partial charge on any atom is -0.481 e. The third-order valence-electron chi connectivity index (χ3n) is 8.27. The van der Waals surface area contributed by atoms with Crippen molar-refractivity contribution in [1.82, 2.24) is 0 Å². The second kappa shape index (κ2) is 33.0. The van der Waals surface area contributed by atoms with E-state index in [0.29, 0.717) is 25.7 Å². The summed E-state index contributed by atoms with van der Waals surface area (Å²) >= 11 is 0. The van der Waals surface area contributed by atoms with Crippen LogP contribution in [0.2, 0.25) is 0 Å². The van der Waals surface area contributed by atoms with Crippen LogP contribution in [0.25, 0.3) is 0 Å². The number of hydrogen-bond donors (Lipinski definition) is 2. The molecule has 0 fully saturated rings. The van der Waals surface area contributed by atoms with Crippen molar-refractivity contribution in [2.24, 2.45) is 0 Å². The van der Waals surface area contributed by atoms with E-state index < -0.39 is 11.9 Å². The molecule has 0 heterocycles. The molecular weight excluding hydrogens is 544 g/mol. The van der Waals surface area contributed by atoms with Gasteiger partial charge in [0.05, 0.1) is 0 Å². The lowest BCUT2D eigenvalue weighted by molar-refractivity contribution is -0.159. The molecule has 0 aromatic carbocycles. The van der Waals surface area contributed by atoms with Crippen LogP contribution < -0.4 is 0 Å². The molecule has 43 heavy (non-hydrogen) atoms. The number of carbonyl (C=O) groups excluding carboxylic acids is 2. The number of rotatable bonds is 34. The average Bonchev–Trinajstić information content (AvgIpc) is 2.96. The Morgan fingerprint density at radius 2 is 0.442 bits per heavy atom. The van der Waals surface area contributed by atoms with E-state index in [1.165, 1.54) is 103 Å². The van der Waals surface area contributed by atoms with Gasteiger partial charge in [-0.15, -0.1) is 0 Å². The van der Waals surface area contributed by atoms with Gasteiger partial charge in [-0.05, 0) is 25.7 Å². The van der Waals surface area contributed by atoms with E-state index in [2.05, 4.69) is 0 Å².